The summed E-state index contributed by atoms with van der Waals surface area (Å²) >= 11 is 0. The first kappa shape index (κ1) is 7.44. The number of nitrogens with zero attached hydrogens (tertiary/aromatic N) is 1. The van der Waals surface area contributed by atoms with Gasteiger partial charge in [0.05, 0.1) is 5.56 Å². The number of carbonyl (C=O) groups excluding carboxylic acids is 1. The number of aliphatic imine (C=N–C) groups is 1. The van der Waals surface area contributed by atoms with Crippen molar-refractivity contribution in [2.24, 2.45) is 4.99 Å². The van der Waals surface area contributed by atoms with Crippen molar-refractivity contribution < 1.29 is 4.79 Å². The maximum Gasteiger partial charge on any atom is 0.277 e. The summed E-state index contributed by atoms with van der Waals surface area (Å²) < 4.78 is 0. The summed E-state index contributed by atoms with van der Waals surface area (Å²) in [7, 11) is 0. The molecule has 0 bridgehead atoms. The van der Waals surface area contributed by atoms with E-state index in [-0.39, 0.29) is 5.91 Å². The highest BCUT2D eigenvalue weighted by Gasteiger charge is 2.14. The van der Waals surface area contributed by atoms with E-state index in [2.05, 4.69) is 4.99 Å². The van der Waals surface area contributed by atoms with E-state index >= 15 is 0 Å². The quantitative estimate of drug-likeness (QED) is 0.613. The van der Waals surface area contributed by atoms with Crippen LogP contribution in [0, 0.1) is 0 Å². The van der Waals surface area contributed by atoms with Crippen LogP contribution in [0.25, 0.3) is 10.8 Å². The van der Waals surface area contributed by atoms with Crippen LogP contribution in [-0.4, -0.2) is 12.1 Å². The monoisotopic (exact) mass is 181 g/mol. The maximum absolute atomic E-state index is 11.5. The highest BCUT2D eigenvalue weighted by Crippen LogP contribution is 2.25. The molecule has 3 rings (SSSR count). The first-order valence-electron chi connectivity index (χ1n) is 4.46. The minimum absolute atomic E-state index is 0.144. The smallest absolute Gasteiger partial charge is 0.267 e. The van der Waals surface area contributed by atoms with E-state index in [0.29, 0.717) is 5.56 Å². The summed E-state index contributed by atoms with van der Waals surface area (Å²) in [6.45, 7) is 0. The van der Waals surface area contributed by atoms with E-state index in [9.17, 15) is 4.79 Å². The van der Waals surface area contributed by atoms with Gasteiger partial charge in [0, 0.05) is 17.2 Å². The van der Waals surface area contributed by atoms with Gasteiger partial charge >= 0.3 is 0 Å². The molecule has 0 unspecified atom stereocenters. The molecule has 14 heavy (non-hydrogen) atoms. The first-order chi connectivity index (χ1) is 6.86. The highest BCUT2D eigenvalue weighted by atomic mass is 16.1. The summed E-state index contributed by atoms with van der Waals surface area (Å²) in [5.74, 6) is -0.144. The second-order valence-electron chi connectivity index (χ2n) is 3.31. The maximum atomic E-state index is 11.5. The molecule has 0 atom stereocenters. The summed E-state index contributed by atoms with van der Waals surface area (Å²) in [6, 6.07) is 11.7. The Hall–Kier alpha value is -1.96. The fourth-order valence-electron chi connectivity index (χ4n) is 1.85. The standard InChI is InChI=1S/C12H7NO/c14-12-10-6-2-4-8-3-1-5-9(7-13-12)11(8)10/h1-7H. The molecule has 0 saturated carbocycles. The predicted molar refractivity (Wildman–Crippen MR) is 55.9 cm³/mol. The molecule has 1 aliphatic heterocycles. The highest BCUT2D eigenvalue weighted by molar-refractivity contribution is 6.19. The van der Waals surface area contributed by atoms with Crippen LogP contribution >= 0.6 is 0 Å². The Morgan fingerprint density at radius 2 is 1.79 bits per heavy atom. The van der Waals surface area contributed by atoms with Gasteiger partial charge in [0.2, 0.25) is 0 Å². The van der Waals surface area contributed by atoms with Crippen molar-refractivity contribution in [3.8, 4) is 0 Å². The first-order valence-corrected chi connectivity index (χ1v) is 4.46. The Balaban J connectivity index is 2.58. The number of benzene rings is 2. The number of hydrogen-bond acceptors (Lipinski definition) is 1. The van der Waals surface area contributed by atoms with Crippen LogP contribution in [0.15, 0.2) is 41.4 Å². The lowest BCUT2D eigenvalue weighted by atomic mass is 9.98. The molecule has 0 aliphatic carbocycles. The molecule has 66 valence electrons. The molecule has 0 N–H and O–H groups in total. The van der Waals surface area contributed by atoms with Crippen molar-refractivity contribution in [3.63, 3.8) is 0 Å². The second kappa shape index (κ2) is 2.51. The fourth-order valence-corrected chi connectivity index (χ4v) is 1.85. The molecule has 0 spiro atoms. The normalized spacial score (nSPS) is 13.6. The van der Waals surface area contributed by atoms with Gasteiger partial charge in [-0.25, -0.2) is 4.99 Å². The zero-order chi connectivity index (χ0) is 9.54. The van der Waals surface area contributed by atoms with Gasteiger partial charge in [0.25, 0.3) is 5.91 Å². The third kappa shape index (κ3) is 0.852. The number of hydrogen-bond donors (Lipinski definition) is 0. The fraction of sp³-hybridized carbons (Fsp3) is 0. The Morgan fingerprint density at radius 3 is 2.64 bits per heavy atom. The van der Waals surface area contributed by atoms with Crippen LogP contribution in [0.4, 0.5) is 0 Å². The minimum atomic E-state index is -0.144. The molecule has 0 aromatic heterocycles. The largest absolute Gasteiger partial charge is 0.277 e. The molecule has 1 heterocycles. The van der Waals surface area contributed by atoms with Crippen LogP contribution in [0.1, 0.15) is 15.9 Å². The van der Waals surface area contributed by atoms with E-state index in [0.717, 1.165) is 16.3 Å². The van der Waals surface area contributed by atoms with Gasteiger partial charge in [-0.05, 0) is 11.5 Å². The van der Waals surface area contributed by atoms with Gasteiger partial charge in [-0.15, -0.1) is 0 Å². The van der Waals surface area contributed by atoms with Crippen molar-refractivity contribution >= 4 is 22.9 Å². The molecule has 0 fully saturated rings. The number of rotatable bonds is 0. The average molecular weight is 181 g/mol. The van der Waals surface area contributed by atoms with Gasteiger partial charge in [0.1, 0.15) is 0 Å². The number of carbonyl (C=O) groups is 1. The minimum Gasteiger partial charge on any atom is -0.267 e. The van der Waals surface area contributed by atoms with Crippen molar-refractivity contribution in [1.29, 1.82) is 0 Å². The van der Waals surface area contributed by atoms with Crippen LogP contribution < -0.4 is 0 Å². The molecule has 2 nitrogen and oxygen atoms in total. The van der Waals surface area contributed by atoms with Gasteiger partial charge in [0.15, 0.2) is 0 Å². The van der Waals surface area contributed by atoms with Gasteiger partial charge < -0.3 is 0 Å². The summed E-state index contributed by atoms with van der Waals surface area (Å²) in [5, 5.41) is 2.12. The summed E-state index contributed by atoms with van der Waals surface area (Å²) in [5.41, 5.74) is 1.73. The molecule has 1 aliphatic rings. The third-order valence-corrected chi connectivity index (χ3v) is 2.49. The zero-order valence-electron chi connectivity index (χ0n) is 7.40. The molecule has 2 aromatic carbocycles. The zero-order valence-corrected chi connectivity index (χ0v) is 7.40. The molecule has 2 aromatic rings. The summed E-state index contributed by atoms with van der Waals surface area (Å²) in [4.78, 5) is 15.3. The molecular weight excluding hydrogens is 174 g/mol. The Bertz CT molecular complexity index is 564. The van der Waals surface area contributed by atoms with Crippen LogP contribution in [0.2, 0.25) is 0 Å². The molecule has 0 saturated heterocycles. The molecular formula is C12H7NO. The van der Waals surface area contributed by atoms with Crippen molar-refractivity contribution in [2.75, 3.05) is 0 Å². The van der Waals surface area contributed by atoms with Crippen LogP contribution in [-0.2, 0) is 0 Å². The third-order valence-electron chi connectivity index (χ3n) is 2.49. The van der Waals surface area contributed by atoms with Gasteiger partial charge in [-0.2, -0.15) is 0 Å². The number of amides is 1. The topological polar surface area (TPSA) is 29.4 Å². The lowest BCUT2D eigenvalue weighted by Gasteiger charge is -2.09. The lowest BCUT2D eigenvalue weighted by Crippen LogP contribution is -2.04. The van der Waals surface area contributed by atoms with Gasteiger partial charge in [-0.1, -0.05) is 30.3 Å². The van der Waals surface area contributed by atoms with Gasteiger partial charge in [-0.3, -0.25) is 4.79 Å². The van der Waals surface area contributed by atoms with E-state index in [1.807, 2.05) is 36.4 Å². The molecule has 1 amide bonds. The van der Waals surface area contributed by atoms with Crippen molar-refractivity contribution in [3.05, 3.63) is 47.5 Å². The van der Waals surface area contributed by atoms with Crippen LogP contribution in [0.3, 0.4) is 0 Å². The second-order valence-corrected chi connectivity index (χ2v) is 3.31. The van der Waals surface area contributed by atoms with Crippen molar-refractivity contribution in [2.45, 2.75) is 0 Å². The van der Waals surface area contributed by atoms with E-state index in [1.165, 1.54) is 0 Å². The molecule has 2 heteroatoms. The van der Waals surface area contributed by atoms with E-state index < -0.39 is 0 Å². The SMILES string of the molecule is O=C1N=Cc2cccc3cccc1c23. The Morgan fingerprint density at radius 1 is 1.00 bits per heavy atom. The summed E-state index contributed by atoms with van der Waals surface area (Å²) in [6.07, 6.45) is 1.64. The Labute approximate surface area is 80.9 Å². The predicted octanol–water partition coefficient (Wildman–Crippen LogP) is 2.41. The van der Waals surface area contributed by atoms with E-state index in [4.69, 9.17) is 0 Å². The lowest BCUT2D eigenvalue weighted by molar-refractivity contribution is 0.100. The van der Waals surface area contributed by atoms with E-state index in [1.54, 1.807) is 6.21 Å². The van der Waals surface area contributed by atoms with Crippen LogP contribution in [0.5, 0.6) is 0 Å². The van der Waals surface area contributed by atoms with Crippen molar-refractivity contribution in [1.82, 2.24) is 0 Å². The molecule has 0 radical (unpaired) electrons. The average Bonchev–Trinajstić information content (AvgIpc) is 2.24. The Kier molecular flexibility index (Phi) is 1.34.